The van der Waals surface area contributed by atoms with Gasteiger partial charge >= 0.3 is 5.97 Å². The van der Waals surface area contributed by atoms with Crippen LogP contribution in [0, 0.1) is 5.92 Å². The zero-order valence-electron chi connectivity index (χ0n) is 8.16. The third-order valence-electron chi connectivity index (χ3n) is 2.56. The SMILES string of the molecule is CCCCC[C@@H]1OC(=O)C[C@@H]1CO. The minimum absolute atomic E-state index is 0.0240. The second-order valence-electron chi connectivity index (χ2n) is 3.67. The summed E-state index contributed by atoms with van der Waals surface area (Å²) in [5.74, 6) is -0.107. The van der Waals surface area contributed by atoms with Gasteiger partial charge in [0.1, 0.15) is 6.10 Å². The summed E-state index contributed by atoms with van der Waals surface area (Å²) in [5.41, 5.74) is 0. The molecule has 13 heavy (non-hydrogen) atoms. The molecule has 2 atom stereocenters. The molecule has 1 fully saturated rings. The normalized spacial score (nSPS) is 27.7. The molecule has 0 bridgehead atoms. The highest BCUT2D eigenvalue weighted by atomic mass is 16.6. The van der Waals surface area contributed by atoms with Crippen LogP contribution >= 0.6 is 0 Å². The molecule has 0 aromatic heterocycles. The van der Waals surface area contributed by atoms with E-state index in [1.54, 1.807) is 0 Å². The second kappa shape index (κ2) is 5.22. The summed E-state index contributed by atoms with van der Waals surface area (Å²) < 4.78 is 5.11. The van der Waals surface area contributed by atoms with Crippen LogP contribution in [0.3, 0.4) is 0 Å². The maximum absolute atomic E-state index is 10.9. The molecule has 0 spiro atoms. The fraction of sp³-hybridized carbons (Fsp3) is 0.900. The van der Waals surface area contributed by atoms with E-state index in [2.05, 4.69) is 6.92 Å². The number of rotatable bonds is 5. The van der Waals surface area contributed by atoms with Crippen molar-refractivity contribution in [2.24, 2.45) is 5.92 Å². The molecule has 76 valence electrons. The molecular formula is C10H18O3. The zero-order valence-corrected chi connectivity index (χ0v) is 8.16. The van der Waals surface area contributed by atoms with E-state index < -0.39 is 0 Å². The topological polar surface area (TPSA) is 46.5 Å². The van der Waals surface area contributed by atoms with Gasteiger partial charge in [-0.15, -0.1) is 0 Å². The molecule has 0 saturated carbocycles. The standard InChI is InChI=1S/C10H18O3/c1-2-3-4-5-9-8(7-11)6-10(12)13-9/h8-9,11H,2-7H2,1H3/t8-,9+/m1/s1. The number of hydrogen-bond donors (Lipinski definition) is 1. The van der Waals surface area contributed by atoms with Crippen LogP contribution in [0.1, 0.15) is 39.0 Å². The molecule has 3 heteroatoms. The molecular weight excluding hydrogens is 168 g/mol. The van der Waals surface area contributed by atoms with Gasteiger partial charge in [-0.1, -0.05) is 19.8 Å². The Morgan fingerprint density at radius 3 is 2.92 bits per heavy atom. The molecule has 1 saturated heterocycles. The first-order valence-electron chi connectivity index (χ1n) is 5.08. The number of ether oxygens (including phenoxy) is 1. The van der Waals surface area contributed by atoms with Gasteiger partial charge in [-0.3, -0.25) is 4.79 Å². The van der Waals surface area contributed by atoms with Crippen LogP contribution in [0.2, 0.25) is 0 Å². The fourth-order valence-electron chi connectivity index (χ4n) is 1.73. The maximum Gasteiger partial charge on any atom is 0.306 e. The molecule has 1 aliphatic rings. The van der Waals surface area contributed by atoms with Gasteiger partial charge in [-0.2, -0.15) is 0 Å². The minimum Gasteiger partial charge on any atom is -0.462 e. The Morgan fingerprint density at radius 2 is 2.31 bits per heavy atom. The lowest BCUT2D eigenvalue weighted by Gasteiger charge is -2.14. The lowest BCUT2D eigenvalue weighted by molar-refractivity contribution is -0.141. The summed E-state index contributed by atoms with van der Waals surface area (Å²) in [4.78, 5) is 10.9. The van der Waals surface area contributed by atoms with Crippen molar-refractivity contribution in [3.05, 3.63) is 0 Å². The van der Waals surface area contributed by atoms with Gasteiger partial charge in [-0.05, 0) is 12.8 Å². The molecule has 0 radical (unpaired) electrons. The highest BCUT2D eigenvalue weighted by molar-refractivity contribution is 5.72. The zero-order chi connectivity index (χ0) is 9.68. The summed E-state index contributed by atoms with van der Waals surface area (Å²) in [5, 5.41) is 8.98. The van der Waals surface area contributed by atoms with E-state index in [0.29, 0.717) is 6.42 Å². The third kappa shape index (κ3) is 2.99. The van der Waals surface area contributed by atoms with Crippen LogP contribution in [0.4, 0.5) is 0 Å². The maximum atomic E-state index is 10.9. The molecule has 0 aromatic rings. The van der Waals surface area contributed by atoms with E-state index in [9.17, 15) is 4.79 Å². The molecule has 0 aliphatic carbocycles. The smallest absolute Gasteiger partial charge is 0.306 e. The van der Waals surface area contributed by atoms with Crippen molar-refractivity contribution in [3.63, 3.8) is 0 Å². The van der Waals surface area contributed by atoms with Crippen molar-refractivity contribution in [1.82, 2.24) is 0 Å². The van der Waals surface area contributed by atoms with Gasteiger partial charge in [0.2, 0.25) is 0 Å². The quantitative estimate of drug-likeness (QED) is 0.522. The number of carbonyl (C=O) groups excluding carboxylic acids is 1. The van der Waals surface area contributed by atoms with Crippen LogP contribution in [0.25, 0.3) is 0 Å². The van der Waals surface area contributed by atoms with Gasteiger partial charge in [0.15, 0.2) is 0 Å². The van der Waals surface area contributed by atoms with Crippen molar-refractivity contribution < 1.29 is 14.6 Å². The van der Waals surface area contributed by atoms with Crippen molar-refractivity contribution in [3.8, 4) is 0 Å². The first kappa shape index (κ1) is 10.5. The molecule has 3 nitrogen and oxygen atoms in total. The van der Waals surface area contributed by atoms with E-state index in [-0.39, 0.29) is 24.6 Å². The Balaban J connectivity index is 2.27. The Bertz CT molecular complexity index is 168. The number of hydrogen-bond acceptors (Lipinski definition) is 3. The summed E-state index contributed by atoms with van der Waals surface area (Å²) in [6.45, 7) is 2.21. The van der Waals surface area contributed by atoms with Gasteiger partial charge in [0, 0.05) is 12.5 Å². The molecule has 1 rings (SSSR count). The molecule has 0 aromatic carbocycles. The fourth-order valence-corrected chi connectivity index (χ4v) is 1.73. The average molecular weight is 186 g/mol. The summed E-state index contributed by atoms with van der Waals surface area (Å²) in [6, 6.07) is 0. The van der Waals surface area contributed by atoms with Crippen LogP contribution < -0.4 is 0 Å². The summed E-state index contributed by atoms with van der Waals surface area (Å²) in [7, 11) is 0. The first-order valence-corrected chi connectivity index (χ1v) is 5.08. The summed E-state index contributed by atoms with van der Waals surface area (Å²) in [6.07, 6.45) is 4.71. The number of aliphatic hydroxyl groups excluding tert-OH is 1. The van der Waals surface area contributed by atoms with Gasteiger partial charge < -0.3 is 9.84 Å². The van der Waals surface area contributed by atoms with E-state index in [4.69, 9.17) is 9.84 Å². The molecule has 1 aliphatic heterocycles. The predicted octanol–water partition coefficient (Wildman–Crippen LogP) is 1.49. The van der Waals surface area contributed by atoms with E-state index in [1.807, 2.05) is 0 Å². The molecule has 1 heterocycles. The molecule has 0 amide bonds. The largest absolute Gasteiger partial charge is 0.462 e. The number of cyclic esters (lactones) is 1. The van der Waals surface area contributed by atoms with Crippen LogP contribution in [0.15, 0.2) is 0 Å². The highest BCUT2D eigenvalue weighted by Crippen LogP contribution is 2.25. The highest BCUT2D eigenvalue weighted by Gasteiger charge is 2.33. The van der Waals surface area contributed by atoms with E-state index >= 15 is 0 Å². The van der Waals surface area contributed by atoms with E-state index in [1.165, 1.54) is 12.8 Å². The predicted molar refractivity (Wildman–Crippen MR) is 49.2 cm³/mol. The van der Waals surface area contributed by atoms with Crippen LogP contribution in [-0.4, -0.2) is 23.8 Å². The third-order valence-corrected chi connectivity index (χ3v) is 2.56. The average Bonchev–Trinajstić information content (AvgIpc) is 2.47. The molecule has 0 unspecified atom stereocenters. The first-order chi connectivity index (χ1) is 6.27. The minimum atomic E-state index is -0.152. The lowest BCUT2D eigenvalue weighted by atomic mass is 9.98. The Hall–Kier alpha value is -0.570. The number of unbranched alkanes of at least 4 members (excludes halogenated alkanes) is 2. The Kier molecular flexibility index (Phi) is 4.22. The van der Waals surface area contributed by atoms with Crippen molar-refractivity contribution in [1.29, 1.82) is 0 Å². The Labute approximate surface area is 79.1 Å². The van der Waals surface area contributed by atoms with Crippen molar-refractivity contribution in [2.45, 2.75) is 45.1 Å². The van der Waals surface area contributed by atoms with Gasteiger partial charge in [-0.25, -0.2) is 0 Å². The lowest BCUT2D eigenvalue weighted by Crippen LogP contribution is -2.19. The van der Waals surface area contributed by atoms with Crippen LogP contribution in [0.5, 0.6) is 0 Å². The van der Waals surface area contributed by atoms with Gasteiger partial charge in [0.05, 0.1) is 6.42 Å². The van der Waals surface area contributed by atoms with Gasteiger partial charge in [0.25, 0.3) is 0 Å². The number of carbonyl (C=O) groups is 1. The number of esters is 1. The Morgan fingerprint density at radius 1 is 1.54 bits per heavy atom. The molecule has 1 N–H and O–H groups in total. The van der Waals surface area contributed by atoms with Crippen molar-refractivity contribution in [2.75, 3.05) is 6.61 Å². The number of aliphatic hydroxyl groups is 1. The second-order valence-corrected chi connectivity index (χ2v) is 3.67. The van der Waals surface area contributed by atoms with Crippen LogP contribution in [-0.2, 0) is 9.53 Å². The van der Waals surface area contributed by atoms with Crippen molar-refractivity contribution >= 4 is 5.97 Å². The monoisotopic (exact) mass is 186 g/mol. The summed E-state index contributed by atoms with van der Waals surface area (Å²) >= 11 is 0. The van der Waals surface area contributed by atoms with E-state index in [0.717, 1.165) is 12.8 Å².